The molecule has 0 aromatic carbocycles. The normalized spacial score (nSPS) is 18.3. The topological polar surface area (TPSA) is 62.2 Å². The molecule has 0 saturated heterocycles. The summed E-state index contributed by atoms with van der Waals surface area (Å²) in [6.45, 7) is 1.95. The molecule has 1 saturated carbocycles. The molecule has 18 heavy (non-hydrogen) atoms. The van der Waals surface area contributed by atoms with Gasteiger partial charge in [-0.25, -0.2) is 4.98 Å². The molecule has 1 aromatic rings. The molecule has 1 amide bonds. The van der Waals surface area contributed by atoms with Crippen LogP contribution in [-0.2, 0) is 4.79 Å². The quantitative estimate of drug-likeness (QED) is 0.818. The van der Waals surface area contributed by atoms with Crippen molar-refractivity contribution in [2.75, 3.05) is 6.61 Å². The average Bonchev–Trinajstić information content (AvgIpc) is 2.97. The number of nitrogens with zero attached hydrogens (tertiary/aromatic N) is 1. The largest absolute Gasteiger partial charge is 0.394 e. The van der Waals surface area contributed by atoms with Crippen LogP contribution < -0.4 is 5.32 Å². The van der Waals surface area contributed by atoms with Crippen LogP contribution in [0.2, 0.25) is 0 Å². The average molecular weight is 266 g/mol. The zero-order valence-corrected chi connectivity index (χ0v) is 11.3. The van der Waals surface area contributed by atoms with Crippen molar-refractivity contribution in [1.29, 1.82) is 0 Å². The maximum Gasteiger partial charge on any atom is 0.244 e. The minimum Gasteiger partial charge on any atom is -0.394 e. The van der Waals surface area contributed by atoms with E-state index < -0.39 is 5.54 Å². The zero-order valence-electron chi connectivity index (χ0n) is 10.5. The van der Waals surface area contributed by atoms with Crippen LogP contribution in [0.15, 0.2) is 12.3 Å². The summed E-state index contributed by atoms with van der Waals surface area (Å²) in [5.41, 5.74) is -0.398. The minimum absolute atomic E-state index is 0.0201. The van der Waals surface area contributed by atoms with Gasteiger partial charge in [-0.05, 0) is 25.8 Å². The standard InChI is InChI=1S/C13H18N2O2S/c1-10-14-8-11(18-10)4-5-12(17)15-13(9-16)6-2-3-7-13/h4-5,8,16H,2-3,6-7,9H2,1H3,(H,15,17)/b5-4+. The monoisotopic (exact) mass is 266 g/mol. The lowest BCUT2D eigenvalue weighted by atomic mass is 9.99. The minimum atomic E-state index is -0.398. The van der Waals surface area contributed by atoms with Gasteiger partial charge < -0.3 is 10.4 Å². The summed E-state index contributed by atoms with van der Waals surface area (Å²) in [7, 11) is 0. The molecule has 0 aliphatic heterocycles. The van der Waals surface area contributed by atoms with Gasteiger partial charge in [0, 0.05) is 17.2 Å². The van der Waals surface area contributed by atoms with Crippen LogP contribution in [0.5, 0.6) is 0 Å². The number of hydrogen-bond donors (Lipinski definition) is 2. The molecule has 1 heterocycles. The summed E-state index contributed by atoms with van der Waals surface area (Å²) in [5, 5.41) is 13.3. The first-order valence-corrected chi connectivity index (χ1v) is 6.99. The number of amides is 1. The molecule has 1 fully saturated rings. The Morgan fingerprint density at radius 1 is 1.61 bits per heavy atom. The van der Waals surface area contributed by atoms with Crippen LogP contribution in [0, 0.1) is 6.92 Å². The van der Waals surface area contributed by atoms with Gasteiger partial charge in [0.05, 0.1) is 17.2 Å². The van der Waals surface area contributed by atoms with Crippen LogP contribution in [-0.4, -0.2) is 28.1 Å². The number of hydrogen-bond acceptors (Lipinski definition) is 4. The molecule has 4 nitrogen and oxygen atoms in total. The van der Waals surface area contributed by atoms with E-state index in [0.29, 0.717) is 0 Å². The Kier molecular flexibility index (Phi) is 4.14. The molecule has 0 unspecified atom stereocenters. The van der Waals surface area contributed by atoms with Gasteiger partial charge in [0.25, 0.3) is 0 Å². The van der Waals surface area contributed by atoms with Gasteiger partial charge >= 0.3 is 0 Å². The lowest BCUT2D eigenvalue weighted by Crippen LogP contribution is -2.48. The Morgan fingerprint density at radius 3 is 2.89 bits per heavy atom. The number of aryl methyl sites for hydroxylation is 1. The maximum atomic E-state index is 11.8. The summed E-state index contributed by atoms with van der Waals surface area (Å²) < 4.78 is 0. The van der Waals surface area contributed by atoms with Crippen molar-refractivity contribution in [2.24, 2.45) is 0 Å². The Bertz CT molecular complexity index is 448. The highest BCUT2D eigenvalue weighted by Crippen LogP contribution is 2.29. The van der Waals surface area contributed by atoms with Crippen LogP contribution in [0.1, 0.15) is 35.6 Å². The van der Waals surface area contributed by atoms with Gasteiger partial charge in [-0.15, -0.1) is 11.3 Å². The van der Waals surface area contributed by atoms with E-state index in [4.69, 9.17) is 0 Å². The molecular formula is C13H18N2O2S. The van der Waals surface area contributed by atoms with Crippen LogP contribution in [0.25, 0.3) is 6.08 Å². The molecule has 98 valence electrons. The zero-order chi connectivity index (χ0) is 13.0. The number of aliphatic hydroxyl groups excluding tert-OH is 1. The van der Waals surface area contributed by atoms with E-state index in [0.717, 1.165) is 35.6 Å². The number of rotatable bonds is 4. The predicted molar refractivity (Wildman–Crippen MR) is 72.3 cm³/mol. The van der Waals surface area contributed by atoms with Crippen LogP contribution in [0.3, 0.4) is 0 Å². The summed E-state index contributed by atoms with van der Waals surface area (Å²) >= 11 is 1.55. The molecule has 0 bridgehead atoms. The number of carbonyl (C=O) groups excluding carboxylic acids is 1. The van der Waals surface area contributed by atoms with Crippen molar-refractivity contribution in [3.63, 3.8) is 0 Å². The van der Waals surface area contributed by atoms with E-state index in [1.165, 1.54) is 6.08 Å². The fourth-order valence-electron chi connectivity index (χ4n) is 2.29. The first-order chi connectivity index (χ1) is 8.63. The first-order valence-electron chi connectivity index (χ1n) is 6.17. The Balaban J connectivity index is 1.94. The molecule has 1 aliphatic rings. The highest BCUT2D eigenvalue weighted by atomic mass is 32.1. The Hall–Kier alpha value is -1.20. The van der Waals surface area contributed by atoms with Gasteiger partial charge in [-0.3, -0.25) is 4.79 Å². The number of aliphatic hydroxyl groups is 1. The fraction of sp³-hybridized carbons (Fsp3) is 0.538. The third-order valence-corrected chi connectivity index (χ3v) is 4.17. The number of thiazole rings is 1. The molecular weight excluding hydrogens is 248 g/mol. The Morgan fingerprint density at radius 2 is 2.33 bits per heavy atom. The van der Waals surface area contributed by atoms with Crippen LogP contribution in [0.4, 0.5) is 0 Å². The van der Waals surface area contributed by atoms with Crippen molar-refractivity contribution in [1.82, 2.24) is 10.3 Å². The molecule has 1 aromatic heterocycles. The SMILES string of the molecule is Cc1ncc(/C=C/C(=O)NC2(CO)CCCC2)s1. The van der Waals surface area contributed by atoms with Gasteiger partial charge in [0.1, 0.15) is 0 Å². The van der Waals surface area contributed by atoms with Crippen molar-refractivity contribution >= 4 is 23.3 Å². The predicted octanol–water partition coefficient (Wildman–Crippen LogP) is 1.89. The summed E-state index contributed by atoms with van der Waals surface area (Å²) in [4.78, 5) is 16.9. The first kappa shape index (κ1) is 13.2. The van der Waals surface area contributed by atoms with Crippen molar-refractivity contribution in [3.8, 4) is 0 Å². The van der Waals surface area contributed by atoms with Gasteiger partial charge in [0.15, 0.2) is 0 Å². The van der Waals surface area contributed by atoms with Gasteiger partial charge in [0.2, 0.25) is 5.91 Å². The number of aromatic nitrogens is 1. The second kappa shape index (κ2) is 5.63. The van der Waals surface area contributed by atoms with Crippen molar-refractivity contribution in [2.45, 2.75) is 38.1 Å². The molecule has 5 heteroatoms. The molecule has 2 N–H and O–H groups in total. The lowest BCUT2D eigenvalue weighted by molar-refractivity contribution is -0.118. The van der Waals surface area contributed by atoms with E-state index in [1.807, 2.05) is 6.92 Å². The van der Waals surface area contributed by atoms with E-state index in [1.54, 1.807) is 23.6 Å². The summed E-state index contributed by atoms with van der Waals surface area (Å²) in [5.74, 6) is -0.142. The second-order valence-electron chi connectivity index (χ2n) is 4.75. The van der Waals surface area contributed by atoms with E-state index in [2.05, 4.69) is 10.3 Å². The molecule has 1 aliphatic carbocycles. The number of carbonyl (C=O) groups is 1. The lowest BCUT2D eigenvalue weighted by Gasteiger charge is -2.27. The van der Waals surface area contributed by atoms with Crippen molar-refractivity contribution in [3.05, 3.63) is 22.2 Å². The van der Waals surface area contributed by atoms with Crippen LogP contribution >= 0.6 is 11.3 Å². The van der Waals surface area contributed by atoms with Gasteiger partial charge in [-0.1, -0.05) is 12.8 Å². The van der Waals surface area contributed by atoms with E-state index in [9.17, 15) is 9.90 Å². The third kappa shape index (κ3) is 3.17. The summed E-state index contributed by atoms with van der Waals surface area (Å²) in [6.07, 6.45) is 8.90. The fourth-order valence-corrected chi connectivity index (χ4v) is 2.98. The Labute approximate surface area is 111 Å². The summed E-state index contributed by atoms with van der Waals surface area (Å²) in [6, 6.07) is 0. The smallest absolute Gasteiger partial charge is 0.244 e. The third-order valence-electron chi connectivity index (χ3n) is 3.29. The van der Waals surface area contributed by atoms with E-state index in [-0.39, 0.29) is 12.5 Å². The maximum absolute atomic E-state index is 11.8. The van der Waals surface area contributed by atoms with Crippen molar-refractivity contribution < 1.29 is 9.90 Å². The number of nitrogens with one attached hydrogen (secondary N) is 1. The van der Waals surface area contributed by atoms with Gasteiger partial charge in [-0.2, -0.15) is 0 Å². The highest BCUT2D eigenvalue weighted by Gasteiger charge is 2.33. The molecule has 0 atom stereocenters. The second-order valence-corrected chi connectivity index (χ2v) is 6.02. The molecule has 0 spiro atoms. The highest BCUT2D eigenvalue weighted by molar-refractivity contribution is 7.12. The molecule has 2 rings (SSSR count). The van der Waals surface area contributed by atoms with E-state index >= 15 is 0 Å². The molecule has 0 radical (unpaired) electrons.